The first-order valence-electron chi connectivity index (χ1n) is 9.16. The topological polar surface area (TPSA) is 119 Å². The minimum Gasteiger partial charge on any atom is -0.323 e. The van der Waals surface area contributed by atoms with Crippen molar-refractivity contribution >= 4 is 11.6 Å². The highest BCUT2D eigenvalue weighted by molar-refractivity contribution is 5.93. The minimum absolute atomic E-state index is 0.136. The summed E-state index contributed by atoms with van der Waals surface area (Å²) in [5, 5.41) is 25.8. The lowest BCUT2D eigenvalue weighted by Gasteiger charge is -2.07. The monoisotopic (exact) mass is 391 g/mol. The molecule has 0 saturated carbocycles. The second-order valence-electron chi connectivity index (χ2n) is 6.79. The fourth-order valence-corrected chi connectivity index (χ4v) is 3.36. The highest BCUT2D eigenvalue weighted by Crippen LogP contribution is 2.23. The number of carbonyl (C=O) groups is 1. The van der Waals surface area contributed by atoms with Crippen molar-refractivity contribution in [3.8, 4) is 11.6 Å². The number of aromatic amines is 1. The van der Waals surface area contributed by atoms with Crippen LogP contribution < -0.4 is 5.32 Å². The smallest absolute Gasteiger partial charge is 0.290 e. The molecule has 2 N–H and O–H groups in total. The molecule has 0 saturated heterocycles. The fraction of sp³-hybridized carbons (Fsp3) is 0.263. The van der Waals surface area contributed by atoms with Crippen LogP contribution >= 0.6 is 0 Å². The summed E-state index contributed by atoms with van der Waals surface area (Å²) in [5.41, 5.74) is 5.70. The normalized spacial score (nSPS) is 11.0. The van der Waals surface area contributed by atoms with E-state index in [9.17, 15) is 4.79 Å². The van der Waals surface area contributed by atoms with E-state index >= 15 is 0 Å². The number of para-hydroxylation sites is 1. The van der Waals surface area contributed by atoms with Crippen LogP contribution in [0.5, 0.6) is 0 Å². The Hall–Kier alpha value is -3.82. The van der Waals surface area contributed by atoms with Gasteiger partial charge in [-0.05, 0) is 45.0 Å². The van der Waals surface area contributed by atoms with Crippen LogP contribution in [-0.4, -0.2) is 46.1 Å². The van der Waals surface area contributed by atoms with Crippen LogP contribution in [0.1, 0.15) is 28.3 Å². The number of tetrazole rings is 1. The number of nitrogens with zero attached hydrogens (tertiary/aromatic N) is 7. The molecule has 0 aliphatic heterocycles. The van der Waals surface area contributed by atoms with Gasteiger partial charge in [-0.15, -0.1) is 5.10 Å². The lowest BCUT2D eigenvalue weighted by molar-refractivity contribution is -0.115. The average Bonchev–Trinajstić information content (AvgIpc) is 3.40. The van der Waals surface area contributed by atoms with Crippen molar-refractivity contribution in [2.24, 2.45) is 0 Å². The zero-order valence-corrected chi connectivity index (χ0v) is 16.6. The van der Waals surface area contributed by atoms with E-state index in [0.29, 0.717) is 17.3 Å². The fourth-order valence-electron chi connectivity index (χ4n) is 3.36. The molecule has 4 aromatic rings. The van der Waals surface area contributed by atoms with Crippen molar-refractivity contribution in [1.82, 2.24) is 40.2 Å². The Balaban J connectivity index is 1.57. The van der Waals surface area contributed by atoms with Gasteiger partial charge in [0.15, 0.2) is 0 Å². The van der Waals surface area contributed by atoms with E-state index < -0.39 is 0 Å². The molecule has 0 spiro atoms. The minimum atomic E-state index is -0.136. The largest absolute Gasteiger partial charge is 0.323 e. The third-order valence-corrected chi connectivity index (χ3v) is 4.86. The third-order valence-electron chi connectivity index (χ3n) is 4.86. The van der Waals surface area contributed by atoms with Crippen molar-refractivity contribution in [2.75, 3.05) is 5.32 Å². The van der Waals surface area contributed by atoms with Crippen LogP contribution in [0.2, 0.25) is 0 Å². The Kier molecular flexibility index (Phi) is 4.67. The van der Waals surface area contributed by atoms with Gasteiger partial charge in [0.2, 0.25) is 5.91 Å². The number of anilines is 1. The summed E-state index contributed by atoms with van der Waals surface area (Å²) in [6.07, 6.45) is 0.219. The molecular formula is C19H21N9O. The molecule has 10 heteroatoms. The number of benzene rings is 1. The summed E-state index contributed by atoms with van der Waals surface area (Å²) in [4.78, 5) is 12.8. The van der Waals surface area contributed by atoms with Gasteiger partial charge in [0, 0.05) is 11.3 Å². The molecule has 0 unspecified atom stereocenters. The van der Waals surface area contributed by atoms with E-state index in [1.807, 2.05) is 62.7 Å². The van der Waals surface area contributed by atoms with Crippen LogP contribution in [0.25, 0.3) is 11.6 Å². The lowest BCUT2D eigenvalue weighted by atomic mass is 10.1. The summed E-state index contributed by atoms with van der Waals surface area (Å²) in [5.74, 6) is 0.185. The van der Waals surface area contributed by atoms with Crippen LogP contribution in [0.3, 0.4) is 0 Å². The maximum atomic E-state index is 12.8. The first-order chi connectivity index (χ1) is 14.0. The van der Waals surface area contributed by atoms with Gasteiger partial charge in [0.05, 0.1) is 34.9 Å². The number of H-pyrrole nitrogens is 1. The first-order valence-corrected chi connectivity index (χ1v) is 9.16. The number of rotatable bonds is 5. The lowest BCUT2D eigenvalue weighted by Crippen LogP contribution is -2.16. The van der Waals surface area contributed by atoms with E-state index in [1.165, 1.54) is 0 Å². The molecule has 4 rings (SSSR count). The van der Waals surface area contributed by atoms with E-state index in [4.69, 9.17) is 0 Å². The van der Waals surface area contributed by atoms with Gasteiger partial charge in [0.25, 0.3) is 5.95 Å². The molecule has 1 aromatic carbocycles. The summed E-state index contributed by atoms with van der Waals surface area (Å²) >= 11 is 0. The van der Waals surface area contributed by atoms with Gasteiger partial charge >= 0.3 is 0 Å². The summed E-state index contributed by atoms with van der Waals surface area (Å²) in [6, 6.07) is 9.86. The number of hydrogen-bond donors (Lipinski definition) is 2. The molecule has 0 bridgehead atoms. The molecule has 3 heterocycles. The molecule has 0 aliphatic carbocycles. The Labute approximate surface area is 166 Å². The summed E-state index contributed by atoms with van der Waals surface area (Å²) < 4.78 is 3.40. The van der Waals surface area contributed by atoms with Crippen molar-refractivity contribution in [3.05, 3.63) is 58.7 Å². The molecular weight excluding hydrogens is 370 g/mol. The quantitative estimate of drug-likeness (QED) is 0.537. The van der Waals surface area contributed by atoms with E-state index in [1.54, 1.807) is 4.68 Å². The molecule has 10 nitrogen and oxygen atoms in total. The zero-order valence-electron chi connectivity index (χ0n) is 16.6. The highest BCUT2D eigenvalue weighted by Gasteiger charge is 2.20. The number of aromatic nitrogens is 8. The van der Waals surface area contributed by atoms with E-state index in [-0.39, 0.29) is 12.3 Å². The van der Waals surface area contributed by atoms with Crippen LogP contribution in [-0.2, 0) is 11.2 Å². The van der Waals surface area contributed by atoms with Crippen LogP contribution in [0, 0.1) is 27.7 Å². The van der Waals surface area contributed by atoms with Crippen molar-refractivity contribution < 1.29 is 4.79 Å². The first kappa shape index (κ1) is 18.5. The Morgan fingerprint density at radius 3 is 2.41 bits per heavy atom. The van der Waals surface area contributed by atoms with Crippen molar-refractivity contribution in [1.29, 1.82) is 0 Å². The number of amides is 1. The molecule has 3 aromatic heterocycles. The highest BCUT2D eigenvalue weighted by atomic mass is 16.1. The van der Waals surface area contributed by atoms with Crippen LogP contribution in [0.4, 0.5) is 5.69 Å². The third kappa shape index (κ3) is 3.40. The Bertz CT molecular complexity index is 1160. The molecule has 0 fully saturated rings. The number of aryl methyl sites for hydroxylation is 2. The maximum Gasteiger partial charge on any atom is 0.290 e. The molecule has 0 atom stereocenters. The molecule has 1 amide bonds. The van der Waals surface area contributed by atoms with Gasteiger partial charge in [-0.1, -0.05) is 23.3 Å². The predicted molar refractivity (Wildman–Crippen MR) is 106 cm³/mol. The summed E-state index contributed by atoms with van der Waals surface area (Å²) in [6.45, 7) is 7.55. The number of carbonyl (C=O) groups excluding carboxylic acids is 1. The van der Waals surface area contributed by atoms with Crippen LogP contribution in [0.15, 0.2) is 30.3 Å². The Morgan fingerprint density at radius 1 is 1.00 bits per heavy atom. The van der Waals surface area contributed by atoms with E-state index in [2.05, 4.69) is 36.1 Å². The Morgan fingerprint density at radius 2 is 1.72 bits per heavy atom. The number of hydrogen-bond acceptors (Lipinski definition) is 6. The maximum absolute atomic E-state index is 12.8. The van der Waals surface area contributed by atoms with Gasteiger partial charge in [-0.2, -0.15) is 20.1 Å². The molecule has 0 aliphatic rings. The van der Waals surface area contributed by atoms with Gasteiger partial charge in [-0.3, -0.25) is 4.79 Å². The molecule has 29 heavy (non-hydrogen) atoms. The predicted octanol–water partition coefficient (Wildman–Crippen LogP) is 1.99. The van der Waals surface area contributed by atoms with E-state index in [0.717, 1.165) is 28.3 Å². The van der Waals surface area contributed by atoms with Gasteiger partial charge in [-0.25, -0.2) is 4.68 Å². The van der Waals surface area contributed by atoms with Crippen molar-refractivity contribution in [2.45, 2.75) is 34.1 Å². The van der Waals surface area contributed by atoms with Gasteiger partial charge in [0.1, 0.15) is 0 Å². The number of nitrogens with one attached hydrogen (secondary N) is 2. The second kappa shape index (κ2) is 7.30. The van der Waals surface area contributed by atoms with Gasteiger partial charge < -0.3 is 5.32 Å². The molecule has 148 valence electrons. The standard InChI is InChI=1S/C19H21N9O/c1-11-16(13(3)27(23-11)15-8-6-5-7-9-15)10-17(29)20-18-12(2)24-28(14(18)4)19-21-25-26-22-19/h5-9H,10H2,1-4H3,(H,20,29)(H,21,22,25,26). The molecule has 0 radical (unpaired) electrons. The zero-order chi connectivity index (χ0) is 20.5. The second-order valence-corrected chi connectivity index (χ2v) is 6.79. The SMILES string of the molecule is Cc1nn(-c2ccccc2)c(C)c1CC(=O)Nc1c(C)nn(-c2nn[nH]n2)c1C. The summed E-state index contributed by atoms with van der Waals surface area (Å²) in [7, 11) is 0. The average molecular weight is 391 g/mol. The van der Waals surface area contributed by atoms with Crippen molar-refractivity contribution in [3.63, 3.8) is 0 Å².